The molecule has 1 aliphatic heterocycles. The van der Waals surface area contributed by atoms with Crippen LogP contribution in [-0.4, -0.2) is 47.9 Å². The van der Waals surface area contributed by atoms with Crippen LogP contribution in [0.1, 0.15) is 0 Å². The van der Waals surface area contributed by atoms with Gasteiger partial charge in [-0.05, 0) is 54.6 Å². The Bertz CT molecular complexity index is 1150. The molecule has 2 aromatic heterocycles. The predicted molar refractivity (Wildman–Crippen MR) is 121 cm³/mol. The minimum Gasteiger partial charge on any atom is -0.497 e. The Hall–Kier alpha value is -3.25. The van der Waals surface area contributed by atoms with Crippen LogP contribution >= 0.6 is 11.6 Å². The summed E-state index contributed by atoms with van der Waals surface area (Å²) in [5.74, 6) is 1.81. The number of rotatable bonds is 4. The van der Waals surface area contributed by atoms with E-state index < -0.39 is 0 Å². The Morgan fingerprint density at radius 2 is 1.60 bits per heavy atom. The fourth-order valence-electron chi connectivity index (χ4n) is 3.88. The largest absolute Gasteiger partial charge is 0.497 e. The van der Waals surface area contributed by atoms with Crippen molar-refractivity contribution in [1.29, 1.82) is 0 Å². The molecule has 0 saturated carbocycles. The molecular formula is C23H22ClN5O. The van der Waals surface area contributed by atoms with E-state index in [1.165, 1.54) is 5.69 Å². The predicted octanol–water partition coefficient (Wildman–Crippen LogP) is 4.38. The molecule has 0 unspecified atom stereocenters. The highest BCUT2D eigenvalue weighted by atomic mass is 35.5. The fourth-order valence-corrected chi connectivity index (χ4v) is 4.01. The third-order valence-corrected chi connectivity index (χ3v) is 5.78. The normalized spacial score (nSPS) is 14.3. The van der Waals surface area contributed by atoms with Crippen molar-refractivity contribution in [3.8, 4) is 17.0 Å². The molecule has 1 saturated heterocycles. The third-order valence-electron chi connectivity index (χ3n) is 5.53. The fraction of sp³-hybridized carbons (Fsp3) is 0.217. The molecule has 152 valence electrons. The molecule has 4 aromatic rings. The maximum atomic E-state index is 6.02. The second-order valence-electron chi connectivity index (χ2n) is 7.29. The number of methoxy groups -OCH3 is 1. The van der Waals surface area contributed by atoms with E-state index in [-0.39, 0.29) is 0 Å². The molecule has 0 N–H and O–H groups in total. The smallest absolute Gasteiger partial charge is 0.154 e. The monoisotopic (exact) mass is 419 g/mol. The van der Waals surface area contributed by atoms with Crippen molar-refractivity contribution in [2.45, 2.75) is 0 Å². The molecule has 0 bridgehead atoms. The van der Waals surface area contributed by atoms with Gasteiger partial charge >= 0.3 is 0 Å². The van der Waals surface area contributed by atoms with E-state index in [0.29, 0.717) is 0 Å². The number of piperazine rings is 1. The molecule has 0 spiro atoms. The minimum absolute atomic E-state index is 0.765. The minimum atomic E-state index is 0.765. The Kier molecular flexibility index (Phi) is 4.93. The maximum absolute atomic E-state index is 6.02. The van der Waals surface area contributed by atoms with E-state index in [1.807, 2.05) is 53.3 Å². The van der Waals surface area contributed by atoms with E-state index in [1.54, 1.807) is 7.11 Å². The molecule has 30 heavy (non-hydrogen) atoms. The number of hydrogen-bond acceptors (Lipinski definition) is 5. The first kappa shape index (κ1) is 18.8. The zero-order valence-electron chi connectivity index (χ0n) is 16.7. The summed E-state index contributed by atoms with van der Waals surface area (Å²) in [6.45, 7) is 3.67. The summed E-state index contributed by atoms with van der Waals surface area (Å²) in [4.78, 5) is 9.40. The van der Waals surface area contributed by atoms with Gasteiger partial charge in [0.1, 0.15) is 11.3 Å². The molecule has 0 radical (unpaired) electrons. The zero-order valence-corrected chi connectivity index (χ0v) is 17.5. The van der Waals surface area contributed by atoms with Gasteiger partial charge in [0, 0.05) is 54.8 Å². The van der Waals surface area contributed by atoms with Gasteiger partial charge in [-0.2, -0.15) is 5.10 Å². The van der Waals surface area contributed by atoms with Crippen molar-refractivity contribution in [3.05, 3.63) is 72.0 Å². The number of ether oxygens (including phenoxy) is 1. The van der Waals surface area contributed by atoms with Gasteiger partial charge in [-0.3, -0.25) is 0 Å². The van der Waals surface area contributed by atoms with Crippen LogP contribution in [0.25, 0.3) is 16.8 Å². The van der Waals surface area contributed by atoms with Crippen molar-refractivity contribution in [1.82, 2.24) is 14.6 Å². The van der Waals surface area contributed by atoms with Gasteiger partial charge in [-0.15, -0.1) is 0 Å². The lowest BCUT2D eigenvalue weighted by Crippen LogP contribution is -2.47. The first-order valence-electron chi connectivity index (χ1n) is 9.95. The lowest BCUT2D eigenvalue weighted by molar-refractivity contribution is 0.415. The quantitative estimate of drug-likeness (QED) is 0.491. The summed E-state index contributed by atoms with van der Waals surface area (Å²) in [7, 11) is 1.67. The first-order chi connectivity index (χ1) is 14.7. The third kappa shape index (κ3) is 3.55. The number of halogens is 1. The topological polar surface area (TPSA) is 45.9 Å². The number of aromatic nitrogens is 3. The summed E-state index contributed by atoms with van der Waals surface area (Å²) < 4.78 is 7.17. The Labute approximate surface area is 180 Å². The Morgan fingerprint density at radius 3 is 2.30 bits per heavy atom. The number of hydrogen-bond donors (Lipinski definition) is 0. The summed E-state index contributed by atoms with van der Waals surface area (Å²) in [5, 5.41) is 5.52. The molecule has 1 aliphatic rings. The number of benzene rings is 2. The summed E-state index contributed by atoms with van der Waals surface area (Å²) in [5.41, 5.74) is 4.20. The van der Waals surface area contributed by atoms with Gasteiger partial charge in [0.25, 0.3) is 0 Å². The Balaban J connectivity index is 1.38. The molecule has 1 fully saturated rings. The summed E-state index contributed by atoms with van der Waals surface area (Å²) in [6.07, 6.45) is 3.72. The van der Waals surface area contributed by atoms with Crippen LogP contribution in [0.2, 0.25) is 5.02 Å². The lowest BCUT2D eigenvalue weighted by Gasteiger charge is -2.36. The maximum Gasteiger partial charge on any atom is 0.154 e. The first-order valence-corrected chi connectivity index (χ1v) is 10.3. The van der Waals surface area contributed by atoms with Crippen LogP contribution in [-0.2, 0) is 0 Å². The lowest BCUT2D eigenvalue weighted by atomic mass is 10.1. The van der Waals surface area contributed by atoms with E-state index >= 15 is 0 Å². The van der Waals surface area contributed by atoms with Gasteiger partial charge < -0.3 is 14.5 Å². The average molecular weight is 420 g/mol. The van der Waals surface area contributed by atoms with E-state index in [4.69, 9.17) is 21.4 Å². The molecular weight excluding hydrogens is 398 g/mol. The van der Waals surface area contributed by atoms with Crippen LogP contribution in [0, 0.1) is 0 Å². The highest BCUT2D eigenvalue weighted by molar-refractivity contribution is 6.30. The number of anilines is 2. The molecule has 0 amide bonds. The summed E-state index contributed by atoms with van der Waals surface area (Å²) in [6, 6.07) is 18.1. The van der Waals surface area contributed by atoms with Crippen molar-refractivity contribution >= 4 is 28.6 Å². The van der Waals surface area contributed by atoms with Crippen molar-refractivity contribution in [3.63, 3.8) is 0 Å². The van der Waals surface area contributed by atoms with Crippen LogP contribution < -0.4 is 14.5 Å². The van der Waals surface area contributed by atoms with E-state index in [9.17, 15) is 0 Å². The van der Waals surface area contributed by atoms with Crippen molar-refractivity contribution in [2.75, 3.05) is 43.1 Å². The van der Waals surface area contributed by atoms with Crippen LogP contribution in [0.4, 0.5) is 11.5 Å². The van der Waals surface area contributed by atoms with Crippen molar-refractivity contribution in [2.24, 2.45) is 0 Å². The molecule has 0 aliphatic carbocycles. The van der Waals surface area contributed by atoms with E-state index in [2.05, 4.69) is 33.0 Å². The van der Waals surface area contributed by atoms with Crippen LogP contribution in [0.3, 0.4) is 0 Å². The second-order valence-corrected chi connectivity index (χ2v) is 7.73. The van der Waals surface area contributed by atoms with Gasteiger partial charge in [0.15, 0.2) is 5.82 Å². The number of nitrogens with zero attached hydrogens (tertiary/aromatic N) is 5. The average Bonchev–Trinajstić information content (AvgIpc) is 3.24. The highest BCUT2D eigenvalue weighted by Crippen LogP contribution is 2.28. The van der Waals surface area contributed by atoms with Gasteiger partial charge in [0.05, 0.1) is 12.8 Å². The second kappa shape index (κ2) is 7.88. The van der Waals surface area contributed by atoms with Gasteiger partial charge in [-0.1, -0.05) is 11.6 Å². The van der Waals surface area contributed by atoms with E-state index in [0.717, 1.165) is 59.5 Å². The molecule has 6 nitrogen and oxygen atoms in total. The van der Waals surface area contributed by atoms with Crippen molar-refractivity contribution < 1.29 is 4.74 Å². The van der Waals surface area contributed by atoms with Crippen LogP contribution in [0.15, 0.2) is 67.0 Å². The molecule has 0 atom stereocenters. The molecule has 7 heteroatoms. The molecule has 2 aromatic carbocycles. The summed E-state index contributed by atoms with van der Waals surface area (Å²) >= 11 is 6.02. The number of fused-ring (bicyclic) bond motifs is 1. The molecule has 5 rings (SSSR count). The molecule has 3 heterocycles. The highest BCUT2D eigenvalue weighted by Gasteiger charge is 2.21. The van der Waals surface area contributed by atoms with Crippen LogP contribution in [0.5, 0.6) is 5.75 Å². The van der Waals surface area contributed by atoms with Gasteiger partial charge in [0.2, 0.25) is 0 Å². The zero-order chi connectivity index (χ0) is 20.5. The SMILES string of the molecule is COc1ccc(-c2cc3c(N4CCN(c5ccc(Cl)cc5)CC4)nccn3n2)cc1. The standard InChI is InChI=1S/C23H22ClN5O/c1-30-20-8-2-17(3-9-20)21-16-22-23(25-10-11-29(22)26-21)28-14-12-27(13-15-28)19-6-4-18(24)5-7-19/h2-11,16H,12-15H2,1H3. The Morgan fingerprint density at radius 1 is 0.900 bits per heavy atom. The van der Waals surface area contributed by atoms with Gasteiger partial charge in [-0.25, -0.2) is 9.50 Å².